The van der Waals surface area contributed by atoms with E-state index in [9.17, 15) is 9.18 Å². The Morgan fingerprint density at radius 3 is 2.53 bits per heavy atom. The Balaban J connectivity index is 2.06. The van der Waals surface area contributed by atoms with Gasteiger partial charge in [0.25, 0.3) is 5.91 Å². The third kappa shape index (κ3) is 3.61. The van der Waals surface area contributed by atoms with Crippen LogP contribution in [0.15, 0.2) is 47.2 Å². The van der Waals surface area contributed by atoms with Crippen LogP contribution in [0.4, 0.5) is 4.39 Å². The lowest BCUT2D eigenvalue weighted by molar-refractivity contribution is 0.0939. The van der Waals surface area contributed by atoms with Gasteiger partial charge in [-0.05, 0) is 52.7 Å². The van der Waals surface area contributed by atoms with Crippen molar-refractivity contribution in [3.63, 3.8) is 0 Å². The van der Waals surface area contributed by atoms with Crippen molar-refractivity contribution in [2.24, 2.45) is 0 Å². The van der Waals surface area contributed by atoms with Crippen LogP contribution in [-0.2, 0) is 0 Å². The molecule has 19 heavy (non-hydrogen) atoms. The van der Waals surface area contributed by atoms with Gasteiger partial charge in [0, 0.05) is 6.20 Å². The molecule has 0 saturated heterocycles. The van der Waals surface area contributed by atoms with Crippen LogP contribution < -0.4 is 5.32 Å². The molecule has 0 aliphatic rings. The first-order chi connectivity index (χ1) is 9.06. The average molecular weight is 323 g/mol. The number of nitrogens with zero attached hydrogens (tertiary/aromatic N) is 1. The summed E-state index contributed by atoms with van der Waals surface area (Å²) in [6.45, 7) is 1.84. The van der Waals surface area contributed by atoms with E-state index in [0.717, 1.165) is 5.56 Å². The number of hydrogen-bond acceptors (Lipinski definition) is 2. The minimum absolute atomic E-state index is 0.197. The van der Waals surface area contributed by atoms with Gasteiger partial charge >= 0.3 is 0 Å². The number of benzene rings is 1. The van der Waals surface area contributed by atoms with Crippen molar-refractivity contribution < 1.29 is 9.18 Å². The van der Waals surface area contributed by atoms with Gasteiger partial charge in [0.2, 0.25) is 0 Å². The van der Waals surface area contributed by atoms with Crippen molar-refractivity contribution >= 4 is 21.8 Å². The molecule has 0 aliphatic heterocycles. The van der Waals surface area contributed by atoms with Crippen molar-refractivity contribution in [3.8, 4) is 0 Å². The van der Waals surface area contributed by atoms with Crippen molar-refractivity contribution in [2.75, 3.05) is 0 Å². The number of rotatable bonds is 3. The molecule has 1 atom stereocenters. The van der Waals surface area contributed by atoms with E-state index in [-0.39, 0.29) is 17.8 Å². The number of nitrogens with one attached hydrogen (secondary N) is 1. The summed E-state index contributed by atoms with van der Waals surface area (Å²) in [6.07, 6.45) is 1.50. The van der Waals surface area contributed by atoms with E-state index in [2.05, 4.69) is 26.2 Å². The Kier molecular flexibility index (Phi) is 4.27. The predicted octanol–water partition coefficient (Wildman–Crippen LogP) is 3.47. The fourth-order valence-electron chi connectivity index (χ4n) is 1.62. The highest BCUT2D eigenvalue weighted by Gasteiger charge is 2.11. The molecule has 1 amide bonds. The first kappa shape index (κ1) is 13.7. The van der Waals surface area contributed by atoms with Crippen LogP contribution in [0.3, 0.4) is 0 Å². The number of halogens is 2. The number of hydrogen-bond donors (Lipinski definition) is 1. The number of aromatic nitrogens is 1. The van der Waals surface area contributed by atoms with Gasteiger partial charge in [-0.2, -0.15) is 0 Å². The van der Waals surface area contributed by atoms with Gasteiger partial charge in [-0.25, -0.2) is 9.37 Å². The normalized spacial score (nSPS) is 11.9. The molecule has 0 spiro atoms. The Bertz CT molecular complexity index is 569. The molecule has 0 aliphatic carbocycles. The van der Waals surface area contributed by atoms with Crippen LogP contribution in [0, 0.1) is 5.82 Å². The molecule has 1 aromatic heterocycles. The van der Waals surface area contributed by atoms with E-state index >= 15 is 0 Å². The standard InChI is InChI=1S/C14H12BrFN2O/c1-9(10-2-5-12(16)6-3-10)18-14(19)11-4-7-13(15)17-8-11/h2-9H,1H3,(H,18,19). The molecule has 98 valence electrons. The lowest BCUT2D eigenvalue weighted by Gasteiger charge is -2.14. The Morgan fingerprint density at radius 1 is 1.26 bits per heavy atom. The second-order valence-corrected chi connectivity index (χ2v) is 4.93. The van der Waals surface area contributed by atoms with Crippen LogP contribution in [0.1, 0.15) is 28.9 Å². The molecule has 0 fully saturated rings. The Labute approximate surface area is 119 Å². The SMILES string of the molecule is CC(NC(=O)c1ccc(Br)nc1)c1ccc(F)cc1. The molecule has 1 aromatic carbocycles. The lowest BCUT2D eigenvalue weighted by atomic mass is 10.1. The summed E-state index contributed by atoms with van der Waals surface area (Å²) in [5.74, 6) is -0.504. The third-order valence-electron chi connectivity index (χ3n) is 2.71. The summed E-state index contributed by atoms with van der Waals surface area (Å²) in [5.41, 5.74) is 1.33. The summed E-state index contributed by atoms with van der Waals surface area (Å²) in [6, 6.07) is 9.25. The average Bonchev–Trinajstić information content (AvgIpc) is 2.40. The van der Waals surface area contributed by atoms with Crippen LogP contribution in [-0.4, -0.2) is 10.9 Å². The smallest absolute Gasteiger partial charge is 0.253 e. The minimum Gasteiger partial charge on any atom is -0.345 e. The minimum atomic E-state index is -0.292. The van der Waals surface area contributed by atoms with Gasteiger partial charge in [-0.3, -0.25) is 4.79 Å². The predicted molar refractivity (Wildman–Crippen MR) is 74.2 cm³/mol. The van der Waals surface area contributed by atoms with E-state index < -0.39 is 0 Å². The molecular formula is C14H12BrFN2O. The van der Waals surface area contributed by atoms with Crippen molar-refractivity contribution in [2.45, 2.75) is 13.0 Å². The Morgan fingerprint density at radius 2 is 1.95 bits per heavy atom. The van der Waals surface area contributed by atoms with Crippen LogP contribution >= 0.6 is 15.9 Å². The molecule has 2 aromatic rings. The summed E-state index contributed by atoms with van der Waals surface area (Å²) in [7, 11) is 0. The second-order valence-electron chi connectivity index (χ2n) is 4.12. The number of amides is 1. The van der Waals surface area contributed by atoms with E-state index in [1.54, 1.807) is 24.3 Å². The maximum atomic E-state index is 12.8. The summed E-state index contributed by atoms with van der Waals surface area (Å²) < 4.78 is 13.5. The van der Waals surface area contributed by atoms with Gasteiger partial charge in [0.15, 0.2) is 0 Å². The lowest BCUT2D eigenvalue weighted by Crippen LogP contribution is -2.26. The summed E-state index contributed by atoms with van der Waals surface area (Å²) in [5, 5.41) is 2.83. The molecule has 1 N–H and O–H groups in total. The first-order valence-corrected chi connectivity index (χ1v) is 6.53. The number of pyridine rings is 1. The molecule has 0 saturated carbocycles. The van der Waals surface area contributed by atoms with Crippen LogP contribution in [0.25, 0.3) is 0 Å². The zero-order chi connectivity index (χ0) is 13.8. The highest BCUT2D eigenvalue weighted by Crippen LogP contribution is 2.14. The largest absolute Gasteiger partial charge is 0.345 e. The molecule has 0 radical (unpaired) electrons. The molecular weight excluding hydrogens is 311 g/mol. The highest BCUT2D eigenvalue weighted by atomic mass is 79.9. The maximum Gasteiger partial charge on any atom is 0.253 e. The fourth-order valence-corrected chi connectivity index (χ4v) is 1.86. The van der Waals surface area contributed by atoms with Gasteiger partial charge in [-0.15, -0.1) is 0 Å². The number of carbonyl (C=O) groups is 1. The molecule has 1 heterocycles. The molecule has 2 rings (SSSR count). The topological polar surface area (TPSA) is 42.0 Å². The molecule has 3 nitrogen and oxygen atoms in total. The Hall–Kier alpha value is -1.75. The zero-order valence-corrected chi connectivity index (χ0v) is 11.8. The van der Waals surface area contributed by atoms with Crippen molar-refractivity contribution in [1.29, 1.82) is 0 Å². The van der Waals surface area contributed by atoms with E-state index in [1.807, 2.05) is 6.92 Å². The van der Waals surface area contributed by atoms with Gasteiger partial charge in [0.05, 0.1) is 11.6 Å². The van der Waals surface area contributed by atoms with Crippen LogP contribution in [0.2, 0.25) is 0 Å². The number of carbonyl (C=O) groups excluding carboxylic acids is 1. The summed E-state index contributed by atoms with van der Waals surface area (Å²) >= 11 is 3.21. The first-order valence-electron chi connectivity index (χ1n) is 5.74. The highest BCUT2D eigenvalue weighted by molar-refractivity contribution is 9.10. The van der Waals surface area contributed by atoms with E-state index in [4.69, 9.17) is 0 Å². The van der Waals surface area contributed by atoms with E-state index in [0.29, 0.717) is 10.2 Å². The van der Waals surface area contributed by atoms with Crippen molar-refractivity contribution in [1.82, 2.24) is 10.3 Å². The zero-order valence-electron chi connectivity index (χ0n) is 10.2. The van der Waals surface area contributed by atoms with Gasteiger partial charge in [0.1, 0.15) is 10.4 Å². The van der Waals surface area contributed by atoms with Gasteiger partial charge < -0.3 is 5.32 Å². The molecule has 1 unspecified atom stereocenters. The molecule has 5 heteroatoms. The van der Waals surface area contributed by atoms with Crippen molar-refractivity contribution in [3.05, 3.63) is 64.1 Å². The maximum absolute atomic E-state index is 12.8. The monoisotopic (exact) mass is 322 g/mol. The fraction of sp³-hybridized carbons (Fsp3) is 0.143. The molecule has 0 bridgehead atoms. The van der Waals surface area contributed by atoms with Gasteiger partial charge in [-0.1, -0.05) is 12.1 Å². The van der Waals surface area contributed by atoms with E-state index in [1.165, 1.54) is 18.3 Å². The quantitative estimate of drug-likeness (QED) is 0.879. The summed E-state index contributed by atoms with van der Waals surface area (Å²) in [4.78, 5) is 16.0. The van der Waals surface area contributed by atoms with Crippen LogP contribution in [0.5, 0.6) is 0 Å². The second kappa shape index (κ2) is 5.93. The third-order valence-corrected chi connectivity index (χ3v) is 3.18.